The molecule has 7 heteroatoms. The Bertz CT molecular complexity index is 479. The van der Waals surface area contributed by atoms with E-state index in [0.29, 0.717) is 6.54 Å². The molecular weight excluding hydrogens is 286 g/mol. The van der Waals surface area contributed by atoms with E-state index in [-0.39, 0.29) is 5.60 Å². The third kappa shape index (κ3) is 4.57. The molecule has 1 unspecified atom stereocenters. The van der Waals surface area contributed by atoms with Crippen molar-refractivity contribution in [3.8, 4) is 0 Å². The van der Waals surface area contributed by atoms with E-state index in [1.165, 1.54) is 0 Å². The number of thiazole rings is 1. The van der Waals surface area contributed by atoms with Crippen molar-refractivity contribution in [2.75, 3.05) is 39.2 Å². The Morgan fingerprint density at radius 3 is 2.90 bits per heavy atom. The Morgan fingerprint density at radius 2 is 2.33 bits per heavy atom. The van der Waals surface area contributed by atoms with Crippen LogP contribution in [0.3, 0.4) is 0 Å². The highest BCUT2D eigenvalue weighted by atomic mass is 32.1. The number of rotatable bonds is 5. The maximum absolute atomic E-state index is 5.77. The Labute approximate surface area is 130 Å². The molecule has 1 aliphatic rings. The highest BCUT2D eigenvalue weighted by Gasteiger charge is 2.29. The van der Waals surface area contributed by atoms with Crippen LogP contribution in [-0.4, -0.2) is 50.8 Å². The van der Waals surface area contributed by atoms with Crippen LogP contribution in [0.5, 0.6) is 0 Å². The predicted molar refractivity (Wildman–Crippen MR) is 88.2 cm³/mol. The average Bonchev–Trinajstić information content (AvgIpc) is 3.08. The van der Waals surface area contributed by atoms with Crippen molar-refractivity contribution in [1.29, 1.82) is 0 Å². The lowest BCUT2D eigenvalue weighted by atomic mass is 10.0. The summed E-state index contributed by atoms with van der Waals surface area (Å²) in [5, 5.41) is 9.70. The molecule has 118 valence electrons. The second-order valence-corrected chi connectivity index (χ2v) is 6.53. The minimum atomic E-state index is -0.0731. The average molecular weight is 311 g/mol. The third-order valence-electron chi connectivity index (χ3n) is 3.51. The van der Waals surface area contributed by atoms with Crippen molar-refractivity contribution in [2.24, 2.45) is 4.99 Å². The highest BCUT2D eigenvalue weighted by molar-refractivity contribution is 7.13. The van der Waals surface area contributed by atoms with Gasteiger partial charge < -0.3 is 20.3 Å². The first kappa shape index (κ1) is 16.0. The van der Waals surface area contributed by atoms with Crippen LogP contribution in [0.4, 0.5) is 5.13 Å². The van der Waals surface area contributed by atoms with E-state index < -0.39 is 0 Å². The van der Waals surface area contributed by atoms with Gasteiger partial charge in [-0.3, -0.25) is 4.99 Å². The van der Waals surface area contributed by atoms with Crippen LogP contribution in [0.1, 0.15) is 25.5 Å². The van der Waals surface area contributed by atoms with Gasteiger partial charge in [-0.15, -0.1) is 11.3 Å². The molecule has 1 saturated heterocycles. The zero-order valence-electron chi connectivity index (χ0n) is 13.3. The summed E-state index contributed by atoms with van der Waals surface area (Å²) in [4.78, 5) is 10.8. The molecule has 1 atom stereocenters. The number of nitrogens with zero attached hydrogens (tertiary/aromatic N) is 3. The van der Waals surface area contributed by atoms with Crippen molar-refractivity contribution in [3.63, 3.8) is 0 Å². The van der Waals surface area contributed by atoms with Gasteiger partial charge in [0.1, 0.15) is 0 Å². The van der Waals surface area contributed by atoms with Crippen LogP contribution in [0.2, 0.25) is 0 Å². The van der Waals surface area contributed by atoms with E-state index in [0.717, 1.165) is 42.8 Å². The van der Waals surface area contributed by atoms with Gasteiger partial charge in [0.15, 0.2) is 11.1 Å². The minimum Gasteiger partial charge on any atom is -0.373 e. The summed E-state index contributed by atoms with van der Waals surface area (Å²) in [5.41, 5.74) is 0.950. The summed E-state index contributed by atoms with van der Waals surface area (Å²) in [6.07, 6.45) is 2.23. The molecule has 0 radical (unpaired) electrons. The van der Waals surface area contributed by atoms with E-state index in [1.54, 1.807) is 18.4 Å². The molecule has 0 saturated carbocycles. The highest BCUT2D eigenvalue weighted by Crippen LogP contribution is 2.23. The Kier molecular flexibility index (Phi) is 5.41. The number of nitrogens with one attached hydrogen (secondary N) is 2. The molecular formula is C14H25N5OS. The first-order valence-corrected chi connectivity index (χ1v) is 8.10. The molecule has 0 bridgehead atoms. The number of aromatic nitrogens is 1. The quantitative estimate of drug-likeness (QED) is 0.636. The summed E-state index contributed by atoms with van der Waals surface area (Å²) >= 11 is 1.64. The molecule has 21 heavy (non-hydrogen) atoms. The number of hydrogen-bond donors (Lipinski definition) is 2. The molecule has 1 aromatic heterocycles. The van der Waals surface area contributed by atoms with Crippen molar-refractivity contribution in [3.05, 3.63) is 11.1 Å². The fraction of sp³-hybridized carbons (Fsp3) is 0.714. The van der Waals surface area contributed by atoms with E-state index in [9.17, 15) is 0 Å². The van der Waals surface area contributed by atoms with Crippen LogP contribution >= 0.6 is 11.3 Å². The SMILES string of the molecule is CN=C(NCc1csc(N(C)C)n1)NCC1(C)CCCO1. The van der Waals surface area contributed by atoms with Crippen LogP contribution in [0.15, 0.2) is 10.4 Å². The zero-order chi connectivity index (χ0) is 15.3. The second-order valence-electron chi connectivity index (χ2n) is 5.70. The summed E-state index contributed by atoms with van der Waals surface area (Å²) < 4.78 is 5.77. The summed E-state index contributed by atoms with van der Waals surface area (Å²) in [6.45, 7) is 4.44. The van der Waals surface area contributed by atoms with E-state index in [2.05, 4.69) is 32.9 Å². The Balaban J connectivity index is 1.79. The second kappa shape index (κ2) is 7.09. The van der Waals surface area contributed by atoms with Gasteiger partial charge in [0.25, 0.3) is 0 Å². The first-order valence-electron chi connectivity index (χ1n) is 7.23. The van der Waals surface area contributed by atoms with Gasteiger partial charge in [-0.25, -0.2) is 4.98 Å². The zero-order valence-corrected chi connectivity index (χ0v) is 14.1. The molecule has 6 nitrogen and oxygen atoms in total. The van der Waals surface area contributed by atoms with Gasteiger partial charge in [-0.1, -0.05) is 0 Å². The molecule has 1 fully saturated rings. The minimum absolute atomic E-state index is 0.0731. The monoisotopic (exact) mass is 311 g/mol. The largest absolute Gasteiger partial charge is 0.373 e. The molecule has 2 N–H and O–H groups in total. The van der Waals surface area contributed by atoms with Gasteiger partial charge in [0.2, 0.25) is 0 Å². The smallest absolute Gasteiger partial charge is 0.191 e. The van der Waals surface area contributed by atoms with Gasteiger partial charge >= 0.3 is 0 Å². The summed E-state index contributed by atoms with van der Waals surface area (Å²) in [6, 6.07) is 0. The predicted octanol–water partition coefficient (Wildman–Crippen LogP) is 1.44. The van der Waals surface area contributed by atoms with Gasteiger partial charge in [-0.2, -0.15) is 0 Å². The molecule has 2 heterocycles. The molecule has 2 rings (SSSR count). The lowest BCUT2D eigenvalue weighted by Gasteiger charge is -2.24. The third-order valence-corrected chi connectivity index (χ3v) is 4.57. The van der Waals surface area contributed by atoms with Crippen LogP contribution < -0.4 is 15.5 Å². The molecule has 0 amide bonds. The summed E-state index contributed by atoms with van der Waals surface area (Å²) in [5.74, 6) is 0.783. The first-order chi connectivity index (χ1) is 10.0. The fourth-order valence-electron chi connectivity index (χ4n) is 2.22. The Morgan fingerprint density at radius 1 is 1.52 bits per heavy atom. The van der Waals surface area contributed by atoms with Crippen molar-refractivity contribution >= 4 is 22.4 Å². The molecule has 0 aliphatic carbocycles. The number of ether oxygens (including phenoxy) is 1. The van der Waals surface area contributed by atoms with Crippen LogP contribution in [-0.2, 0) is 11.3 Å². The number of guanidine groups is 1. The topological polar surface area (TPSA) is 61.8 Å². The van der Waals surface area contributed by atoms with E-state index in [1.807, 2.05) is 19.0 Å². The fourth-order valence-corrected chi connectivity index (χ4v) is 2.98. The van der Waals surface area contributed by atoms with Crippen molar-refractivity contribution < 1.29 is 4.74 Å². The number of anilines is 1. The Hall–Kier alpha value is -1.34. The normalized spacial score (nSPS) is 22.4. The van der Waals surface area contributed by atoms with Gasteiger partial charge in [-0.05, 0) is 19.8 Å². The van der Waals surface area contributed by atoms with E-state index >= 15 is 0 Å². The van der Waals surface area contributed by atoms with Crippen LogP contribution in [0.25, 0.3) is 0 Å². The lowest BCUT2D eigenvalue weighted by Crippen LogP contribution is -2.45. The van der Waals surface area contributed by atoms with E-state index in [4.69, 9.17) is 4.74 Å². The molecule has 1 aliphatic heterocycles. The molecule has 0 spiro atoms. The standard InChI is InChI=1S/C14H25N5OS/c1-14(6-5-7-20-14)10-17-12(15-2)16-8-11-9-21-13(18-11)19(3)4/h9H,5-8,10H2,1-4H3,(H2,15,16,17). The van der Waals surface area contributed by atoms with Crippen molar-refractivity contribution in [2.45, 2.75) is 31.9 Å². The van der Waals surface area contributed by atoms with Gasteiger partial charge in [0.05, 0.1) is 17.8 Å². The van der Waals surface area contributed by atoms with Crippen LogP contribution in [0, 0.1) is 0 Å². The molecule has 1 aromatic rings. The number of aliphatic imine (C=N–C) groups is 1. The van der Waals surface area contributed by atoms with Crippen molar-refractivity contribution in [1.82, 2.24) is 15.6 Å². The maximum Gasteiger partial charge on any atom is 0.191 e. The maximum atomic E-state index is 5.77. The van der Waals surface area contributed by atoms with Gasteiger partial charge in [0, 0.05) is 39.7 Å². The summed E-state index contributed by atoms with van der Waals surface area (Å²) in [7, 11) is 5.77. The number of hydrogen-bond acceptors (Lipinski definition) is 5. The lowest BCUT2D eigenvalue weighted by molar-refractivity contribution is 0.0243. The molecule has 0 aromatic carbocycles.